The zero-order valence-corrected chi connectivity index (χ0v) is 14.2. The number of hydrogen-bond donors (Lipinski definition) is 1. The van der Waals surface area contributed by atoms with E-state index in [1.54, 1.807) is 11.0 Å². The topological polar surface area (TPSA) is 78.4 Å². The molecule has 7 nitrogen and oxygen atoms in total. The Bertz CT molecular complexity index is 739. The van der Waals surface area contributed by atoms with Gasteiger partial charge in [0, 0.05) is 37.9 Å². The predicted octanol–water partition coefficient (Wildman–Crippen LogP) is 1.57. The molecule has 1 aliphatic heterocycles. The minimum Gasteiger partial charge on any atom is -0.353 e. The first kappa shape index (κ1) is 16.9. The van der Waals surface area contributed by atoms with E-state index < -0.39 is 0 Å². The number of nitrogens with one attached hydrogen (secondary N) is 1. The van der Waals surface area contributed by atoms with Crippen LogP contribution in [0.3, 0.4) is 0 Å². The predicted molar refractivity (Wildman–Crippen MR) is 95.7 cm³/mol. The third-order valence-corrected chi connectivity index (χ3v) is 4.29. The molecule has 0 bridgehead atoms. The van der Waals surface area contributed by atoms with Gasteiger partial charge in [0.05, 0.1) is 0 Å². The fourth-order valence-electron chi connectivity index (χ4n) is 2.72. The van der Waals surface area contributed by atoms with Crippen LogP contribution in [0.15, 0.2) is 36.7 Å². The number of piperazine rings is 1. The average Bonchev–Trinajstić information content (AvgIpc) is 2.68. The molecule has 3 rings (SSSR count). The van der Waals surface area contributed by atoms with Gasteiger partial charge in [-0.05, 0) is 24.1 Å². The van der Waals surface area contributed by atoms with Gasteiger partial charge in [-0.15, -0.1) is 0 Å². The zero-order valence-electron chi connectivity index (χ0n) is 14.2. The molecule has 1 N–H and O–H groups in total. The maximum atomic E-state index is 12.4. The van der Waals surface area contributed by atoms with Crippen LogP contribution in [0.1, 0.15) is 23.0 Å². The van der Waals surface area contributed by atoms with Crippen LogP contribution >= 0.6 is 0 Å². The second-order valence-electron chi connectivity index (χ2n) is 5.89. The highest BCUT2D eigenvalue weighted by molar-refractivity contribution is 6.03. The van der Waals surface area contributed by atoms with Crippen LogP contribution in [0.5, 0.6) is 0 Å². The third kappa shape index (κ3) is 4.12. The van der Waals surface area contributed by atoms with Crippen molar-refractivity contribution in [1.82, 2.24) is 14.9 Å². The number of benzene rings is 1. The van der Waals surface area contributed by atoms with Gasteiger partial charge in [-0.2, -0.15) is 0 Å². The summed E-state index contributed by atoms with van der Waals surface area (Å²) >= 11 is 0. The van der Waals surface area contributed by atoms with Crippen molar-refractivity contribution in [3.8, 4) is 0 Å². The Morgan fingerprint density at radius 1 is 1.16 bits per heavy atom. The lowest BCUT2D eigenvalue weighted by Crippen LogP contribution is -2.46. The Balaban J connectivity index is 1.67. The summed E-state index contributed by atoms with van der Waals surface area (Å²) in [6.07, 6.45) is 3.22. The lowest BCUT2D eigenvalue weighted by molar-refractivity contribution is -0.118. The Labute approximate surface area is 146 Å². The van der Waals surface area contributed by atoms with E-state index in [4.69, 9.17) is 0 Å². The molecule has 1 aliphatic rings. The van der Waals surface area contributed by atoms with E-state index in [0.29, 0.717) is 37.7 Å². The molecule has 0 radical (unpaired) electrons. The van der Waals surface area contributed by atoms with Gasteiger partial charge in [0.2, 0.25) is 6.41 Å². The van der Waals surface area contributed by atoms with Gasteiger partial charge < -0.3 is 15.1 Å². The molecule has 0 aliphatic carbocycles. The highest BCUT2D eigenvalue weighted by Crippen LogP contribution is 2.15. The molecule has 1 saturated heterocycles. The number of carbonyl (C=O) groups excluding carboxylic acids is 2. The first-order valence-corrected chi connectivity index (χ1v) is 8.36. The SMILES string of the molecule is CCc1ccc(NC(=O)c2cc(N3CCN(C=O)CC3)ncn2)cc1. The number of aromatic nitrogens is 2. The highest BCUT2D eigenvalue weighted by atomic mass is 16.2. The van der Waals surface area contributed by atoms with Crippen LogP contribution in [0.4, 0.5) is 11.5 Å². The molecular formula is C18H21N5O2. The Morgan fingerprint density at radius 3 is 2.52 bits per heavy atom. The highest BCUT2D eigenvalue weighted by Gasteiger charge is 2.18. The zero-order chi connectivity index (χ0) is 17.6. The molecular weight excluding hydrogens is 318 g/mol. The third-order valence-electron chi connectivity index (χ3n) is 4.29. The van der Waals surface area contributed by atoms with E-state index in [9.17, 15) is 9.59 Å². The summed E-state index contributed by atoms with van der Waals surface area (Å²) in [5, 5.41) is 2.85. The van der Waals surface area contributed by atoms with Crippen LogP contribution < -0.4 is 10.2 Å². The molecule has 2 aromatic rings. The number of aryl methyl sites for hydroxylation is 1. The van der Waals surface area contributed by atoms with Gasteiger partial charge in [0.1, 0.15) is 17.8 Å². The number of anilines is 2. The van der Waals surface area contributed by atoms with E-state index >= 15 is 0 Å². The van der Waals surface area contributed by atoms with Crippen molar-refractivity contribution >= 4 is 23.8 Å². The van der Waals surface area contributed by atoms with Crippen molar-refractivity contribution in [2.24, 2.45) is 0 Å². The summed E-state index contributed by atoms with van der Waals surface area (Å²) in [6, 6.07) is 9.45. The van der Waals surface area contributed by atoms with Gasteiger partial charge in [-0.3, -0.25) is 9.59 Å². The van der Waals surface area contributed by atoms with Crippen molar-refractivity contribution in [3.05, 3.63) is 47.9 Å². The second-order valence-corrected chi connectivity index (χ2v) is 5.89. The van der Waals surface area contributed by atoms with Crippen LogP contribution in [-0.2, 0) is 11.2 Å². The van der Waals surface area contributed by atoms with Crippen LogP contribution in [0.25, 0.3) is 0 Å². The van der Waals surface area contributed by atoms with E-state index in [-0.39, 0.29) is 5.91 Å². The number of carbonyl (C=O) groups is 2. The smallest absolute Gasteiger partial charge is 0.274 e. The van der Waals surface area contributed by atoms with Crippen molar-refractivity contribution in [1.29, 1.82) is 0 Å². The number of nitrogens with zero attached hydrogens (tertiary/aromatic N) is 4. The minimum absolute atomic E-state index is 0.264. The Kier molecular flexibility index (Phi) is 5.23. The lowest BCUT2D eigenvalue weighted by Gasteiger charge is -2.33. The molecule has 25 heavy (non-hydrogen) atoms. The molecule has 2 amide bonds. The summed E-state index contributed by atoms with van der Waals surface area (Å²) < 4.78 is 0. The number of hydrogen-bond acceptors (Lipinski definition) is 5. The summed E-state index contributed by atoms with van der Waals surface area (Å²) in [4.78, 5) is 35.3. The second kappa shape index (κ2) is 7.74. The fraction of sp³-hybridized carbons (Fsp3) is 0.333. The summed E-state index contributed by atoms with van der Waals surface area (Å²) in [7, 11) is 0. The molecule has 1 aromatic heterocycles. The van der Waals surface area contributed by atoms with Crippen molar-refractivity contribution in [2.75, 3.05) is 36.4 Å². The summed E-state index contributed by atoms with van der Waals surface area (Å²) in [5.74, 6) is 0.437. The lowest BCUT2D eigenvalue weighted by atomic mass is 10.1. The van der Waals surface area contributed by atoms with Crippen molar-refractivity contribution in [3.63, 3.8) is 0 Å². The maximum absolute atomic E-state index is 12.4. The number of amides is 2. The van der Waals surface area contributed by atoms with Gasteiger partial charge in [0.25, 0.3) is 5.91 Å². The molecule has 1 aromatic carbocycles. The Hall–Kier alpha value is -2.96. The van der Waals surface area contributed by atoms with Crippen molar-refractivity contribution < 1.29 is 9.59 Å². The first-order valence-electron chi connectivity index (χ1n) is 8.36. The van der Waals surface area contributed by atoms with E-state index in [0.717, 1.165) is 18.5 Å². The molecule has 130 valence electrons. The van der Waals surface area contributed by atoms with Crippen LogP contribution in [-0.4, -0.2) is 53.4 Å². The molecule has 0 saturated carbocycles. The average molecular weight is 339 g/mol. The molecule has 0 unspecified atom stereocenters. The van der Waals surface area contributed by atoms with Gasteiger partial charge >= 0.3 is 0 Å². The standard InChI is InChI=1S/C18H21N5O2/c1-2-14-3-5-15(6-4-14)21-18(25)16-11-17(20-12-19-16)23-9-7-22(13-24)8-10-23/h3-6,11-13H,2,7-10H2,1H3,(H,21,25). The molecule has 0 spiro atoms. The van der Waals surface area contributed by atoms with Gasteiger partial charge in [-0.25, -0.2) is 9.97 Å². The minimum atomic E-state index is -0.264. The molecule has 1 fully saturated rings. The van der Waals surface area contributed by atoms with E-state index in [1.807, 2.05) is 24.3 Å². The first-order chi connectivity index (χ1) is 12.2. The Morgan fingerprint density at radius 2 is 1.88 bits per heavy atom. The normalized spacial score (nSPS) is 14.3. The monoisotopic (exact) mass is 339 g/mol. The molecule has 7 heteroatoms. The maximum Gasteiger partial charge on any atom is 0.274 e. The van der Waals surface area contributed by atoms with Crippen molar-refractivity contribution in [2.45, 2.75) is 13.3 Å². The summed E-state index contributed by atoms with van der Waals surface area (Å²) in [5.41, 5.74) is 2.28. The fourth-order valence-corrected chi connectivity index (χ4v) is 2.72. The number of rotatable bonds is 5. The van der Waals surface area contributed by atoms with Crippen LogP contribution in [0, 0.1) is 0 Å². The molecule has 2 heterocycles. The largest absolute Gasteiger partial charge is 0.353 e. The van der Waals surface area contributed by atoms with Crippen LogP contribution in [0.2, 0.25) is 0 Å². The van der Waals surface area contributed by atoms with E-state index in [2.05, 4.69) is 27.1 Å². The van der Waals surface area contributed by atoms with Gasteiger partial charge in [-0.1, -0.05) is 19.1 Å². The quantitative estimate of drug-likeness (QED) is 0.837. The molecule has 0 atom stereocenters. The summed E-state index contributed by atoms with van der Waals surface area (Å²) in [6.45, 7) is 4.77. The van der Waals surface area contributed by atoms with Gasteiger partial charge in [0.15, 0.2) is 0 Å². The van der Waals surface area contributed by atoms with E-state index in [1.165, 1.54) is 11.9 Å².